The van der Waals surface area contributed by atoms with Crippen LogP contribution in [-0.4, -0.2) is 29.5 Å². The molecule has 62 valence electrons. The van der Waals surface area contributed by atoms with Crippen molar-refractivity contribution < 1.29 is 4.87 Å². The van der Waals surface area contributed by atoms with E-state index in [0.717, 1.165) is 32.0 Å². The normalized spacial score (nSPS) is 31.8. The third-order valence-corrected chi connectivity index (χ3v) is 2.77. The molecule has 2 aliphatic rings. The molecule has 0 aromatic carbocycles. The van der Waals surface area contributed by atoms with Gasteiger partial charge in [-0.15, -0.1) is 5.01 Å². The summed E-state index contributed by atoms with van der Waals surface area (Å²) in [5.74, 6) is 0.808. The Morgan fingerprint density at radius 2 is 2.09 bits per heavy atom. The number of nitrogens with zero attached hydrogens (tertiary/aromatic N) is 2. The summed E-state index contributed by atoms with van der Waals surface area (Å²) >= 11 is 0. The highest BCUT2D eigenvalue weighted by Gasteiger charge is 2.31. The SMILES string of the molecule is O=[N+]1CCCC2CCCN1C2. The molecule has 2 saturated heterocycles. The molecule has 0 spiro atoms. The lowest BCUT2D eigenvalue weighted by atomic mass is 9.95. The van der Waals surface area contributed by atoms with E-state index in [0.29, 0.717) is 0 Å². The molecule has 11 heavy (non-hydrogen) atoms. The lowest BCUT2D eigenvalue weighted by Gasteiger charge is -2.23. The van der Waals surface area contributed by atoms with Crippen molar-refractivity contribution in [3.8, 4) is 0 Å². The molecular formula is C8H15N2O+. The van der Waals surface area contributed by atoms with Crippen LogP contribution in [0, 0.1) is 10.8 Å². The molecule has 0 amide bonds. The van der Waals surface area contributed by atoms with Gasteiger partial charge in [0.25, 0.3) is 0 Å². The van der Waals surface area contributed by atoms with E-state index in [1.54, 1.807) is 0 Å². The first kappa shape index (κ1) is 7.07. The molecule has 1 atom stereocenters. The largest absolute Gasteiger partial charge is 0.225 e. The molecule has 0 radical (unpaired) electrons. The first-order valence-electron chi connectivity index (χ1n) is 4.56. The second kappa shape index (κ2) is 2.80. The van der Waals surface area contributed by atoms with Gasteiger partial charge in [0.15, 0.2) is 0 Å². The summed E-state index contributed by atoms with van der Waals surface area (Å²) < 4.78 is 0. The Morgan fingerprint density at radius 1 is 1.27 bits per heavy atom. The lowest BCUT2D eigenvalue weighted by Crippen LogP contribution is -2.39. The minimum atomic E-state index is 0.719. The van der Waals surface area contributed by atoms with Gasteiger partial charge in [-0.1, -0.05) is 0 Å². The van der Waals surface area contributed by atoms with Crippen LogP contribution in [0.5, 0.6) is 0 Å². The van der Waals surface area contributed by atoms with Crippen molar-refractivity contribution in [2.24, 2.45) is 5.92 Å². The first-order chi connectivity index (χ1) is 5.36. The molecule has 2 heterocycles. The minimum absolute atomic E-state index is 0.719. The average Bonchev–Trinajstić information content (AvgIpc) is 2.14. The van der Waals surface area contributed by atoms with Gasteiger partial charge in [0.2, 0.25) is 6.54 Å². The van der Waals surface area contributed by atoms with Crippen LogP contribution < -0.4 is 0 Å². The Hall–Kier alpha value is -0.600. The van der Waals surface area contributed by atoms with Gasteiger partial charge in [-0.25, -0.2) is 0 Å². The van der Waals surface area contributed by atoms with E-state index >= 15 is 0 Å². The molecule has 0 aliphatic carbocycles. The Bertz CT molecular complexity index is 169. The zero-order valence-corrected chi connectivity index (χ0v) is 6.83. The topological polar surface area (TPSA) is 23.3 Å². The predicted octanol–water partition coefficient (Wildman–Crippen LogP) is 1.19. The van der Waals surface area contributed by atoms with E-state index in [1.165, 1.54) is 24.1 Å². The van der Waals surface area contributed by atoms with Crippen molar-refractivity contribution in [1.82, 2.24) is 5.01 Å². The zero-order valence-electron chi connectivity index (χ0n) is 6.83. The van der Waals surface area contributed by atoms with Gasteiger partial charge in [-0.05, 0) is 25.2 Å². The quantitative estimate of drug-likeness (QED) is 0.490. The van der Waals surface area contributed by atoms with Crippen LogP contribution >= 0.6 is 0 Å². The molecule has 2 fully saturated rings. The van der Waals surface area contributed by atoms with Crippen molar-refractivity contribution in [3.05, 3.63) is 4.91 Å². The number of nitroso groups, excluding NO2 is 1. The number of rotatable bonds is 0. The van der Waals surface area contributed by atoms with Gasteiger partial charge in [0, 0.05) is 6.42 Å². The Kier molecular flexibility index (Phi) is 1.80. The van der Waals surface area contributed by atoms with E-state index in [4.69, 9.17) is 0 Å². The monoisotopic (exact) mass is 155 g/mol. The number of hydrogen-bond donors (Lipinski definition) is 0. The van der Waals surface area contributed by atoms with Gasteiger partial charge in [-0.3, -0.25) is 0 Å². The molecule has 0 aromatic heterocycles. The van der Waals surface area contributed by atoms with Crippen molar-refractivity contribution in [2.75, 3.05) is 19.6 Å². The molecular weight excluding hydrogens is 140 g/mol. The van der Waals surface area contributed by atoms with Crippen molar-refractivity contribution in [3.63, 3.8) is 0 Å². The first-order valence-corrected chi connectivity index (χ1v) is 4.56. The van der Waals surface area contributed by atoms with Crippen LogP contribution in [0.15, 0.2) is 0 Å². The van der Waals surface area contributed by atoms with Crippen LogP contribution in [0.25, 0.3) is 0 Å². The molecule has 1 unspecified atom stereocenters. The maximum absolute atomic E-state index is 11.3. The van der Waals surface area contributed by atoms with Crippen LogP contribution in [0.4, 0.5) is 0 Å². The van der Waals surface area contributed by atoms with Gasteiger partial charge >= 0.3 is 0 Å². The maximum Gasteiger partial charge on any atom is 0.225 e. The van der Waals surface area contributed by atoms with E-state index < -0.39 is 0 Å². The molecule has 0 aromatic rings. The summed E-state index contributed by atoms with van der Waals surface area (Å²) in [5, 5.41) is 1.97. The minimum Gasteiger partial charge on any atom is -0.141 e. The highest BCUT2D eigenvalue weighted by Crippen LogP contribution is 2.23. The lowest BCUT2D eigenvalue weighted by molar-refractivity contribution is -0.707. The van der Waals surface area contributed by atoms with E-state index in [1.807, 2.05) is 5.01 Å². The molecule has 2 rings (SSSR count). The smallest absolute Gasteiger partial charge is 0.141 e. The second-order valence-electron chi connectivity index (χ2n) is 3.64. The summed E-state index contributed by atoms with van der Waals surface area (Å²) in [4.78, 5) is 12.4. The fourth-order valence-electron chi connectivity index (χ4n) is 2.14. The Morgan fingerprint density at radius 3 is 3.00 bits per heavy atom. The average molecular weight is 155 g/mol. The van der Waals surface area contributed by atoms with Gasteiger partial charge < -0.3 is 0 Å². The Labute approximate surface area is 66.9 Å². The fraction of sp³-hybridized carbons (Fsp3) is 1.00. The highest BCUT2D eigenvalue weighted by molar-refractivity contribution is 4.69. The van der Waals surface area contributed by atoms with Crippen molar-refractivity contribution in [1.29, 1.82) is 0 Å². The second-order valence-corrected chi connectivity index (χ2v) is 3.64. The van der Waals surface area contributed by atoms with Gasteiger partial charge in [-0.2, -0.15) is 0 Å². The zero-order chi connectivity index (χ0) is 7.68. The number of piperidine rings is 1. The molecule has 2 aliphatic heterocycles. The molecule has 3 heteroatoms. The molecule has 0 saturated carbocycles. The van der Waals surface area contributed by atoms with E-state index in [9.17, 15) is 4.91 Å². The third kappa shape index (κ3) is 1.37. The van der Waals surface area contributed by atoms with E-state index in [2.05, 4.69) is 0 Å². The standard InChI is InChI=1S/C8H15N2O/c11-10-6-2-4-8-3-1-5-9(10)7-8/h8H,1-7H2/q+1. The highest BCUT2D eigenvalue weighted by atomic mass is 16.3. The summed E-state index contributed by atoms with van der Waals surface area (Å²) in [7, 11) is 0. The summed E-state index contributed by atoms with van der Waals surface area (Å²) in [6, 6.07) is 0. The predicted molar refractivity (Wildman–Crippen MR) is 42.0 cm³/mol. The number of fused-ring (bicyclic) bond motifs is 2. The third-order valence-electron chi connectivity index (χ3n) is 2.77. The summed E-state index contributed by atoms with van der Waals surface area (Å²) in [6.45, 7) is 2.72. The van der Waals surface area contributed by atoms with E-state index in [-0.39, 0.29) is 0 Å². The van der Waals surface area contributed by atoms with Gasteiger partial charge in [0.1, 0.15) is 4.87 Å². The Balaban J connectivity index is 2.07. The van der Waals surface area contributed by atoms with Crippen molar-refractivity contribution in [2.45, 2.75) is 25.7 Å². The van der Waals surface area contributed by atoms with Crippen LogP contribution in [0.2, 0.25) is 0 Å². The van der Waals surface area contributed by atoms with Crippen LogP contribution in [0.3, 0.4) is 0 Å². The molecule has 3 nitrogen and oxygen atoms in total. The number of hydrazine groups is 1. The van der Waals surface area contributed by atoms with Crippen LogP contribution in [0.1, 0.15) is 25.7 Å². The number of hydrogen-bond acceptors (Lipinski definition) is 1. The van der Waals surface area contributed by atoms with Gasteiger partial charge in [0.05, 0.1) is 18.0 Å². The summed E-state index contributed by atoms with van der Waals surface area (Å²) in [6.07, 6.45) is 4.90. The maximum atomic E-state index is 11.3. The summed E-state index contributed by atoms with van der Waals surface area (Å²) in [5.41, 5.74) is 0. The fourth-order valence-corrected chi connectivity index (χ4v) is 2.14. The van der Waals surface area contributed by atoms with Crippen molar-refractivity contribution >= 4 is 0 Å². The molecule has 0 N–H and O–H groups in total. The molecule has 2 bridgehead atoms. The van der Waals surface area contributed by atoms with Crippen LogP contribution in [-0.2, 0) is 0 Å².